The van der Waals surface area contributed by atoms with E-state index in [0.717, 1.165) is 19.5 Å². The van der Waals surface area contributed by atoms with Gasteiger partial charge >= 0.3 is 5.97 Å². The van der Waals surface area contributed by atoms with Gasteiger partial charge in [-0.3, -0.25) is 4.79 Å². The second-order valence-electron chi connectivity index (χ2n) is 3.15. The molecule has 1 rings (SSSR count). The molecule has 3 nitrogen and oxygen atoms in total. The van der Waals surface area contributed by atoms with Gasteiger partial charge in [-0.15, -0.1) is 12.4 Å². The molecule has 82 valence electrons. The summed E-state index contributed by atoms with van der Waals surface area (Å²) >= 11 is 0. The van der Waals surface area contributed by atoms with Gasteiger partial charge in [-0.2, -0.15) is 0 Å². The van der Waals surface area contributed by atoms with E-state index in [2.05, 4.69) is 5.32 Å². The first kappa shape index (κ1) is 13.5. The molecule has 4 heteroatoms. The Morgan fingerprint density at radius 1 is 1.64 bits per heavy atom. The van der Waals surface area contributed by atoms with Crippen LogP contribution < -0.4 is 5.32 Å². The molecule has 0 radical (unpaired) electrons. The highest BCUT2D eigenvalue weighted by atomic mass is 35.5. The molecule has 0 saturated carbocycles. The predicted octanol–water partition coefficient (Wildman–Crippen LogP) is 1.67. The molecule has 14 heavy (non-hydrogen) atoms. The second kappa shape index (κ2) is 7.83. The standard InChI is InChI=1S/C10H17NO2.ClH/c1-2-13-10(12)6-5-9-4-3-7-11-8-9;/h5,11H,2-4,6-8H2,1H3;1H/b9-5+;. The molecule has 1 fully saturated rings. The number of hydrogen-bond acceptors (Lipinski definition) is 3. The van der Waals surface area contributed by atoms with Crippen LogP contribution in [0.25, 0.3) is 0 Å². The number of esters is 1. The van der Waals surface area contributed by atoms with Crippen molar-refractivity contribution in [3.8, 4) is 0 Å². The molecule has 1 aliphatic heterocycles. The van der Waals surface area contributed by atoms with Crippen LogP contribution in [0.4, 0.5) is 0 Å². The fourth-order valence-electron chi connectivity index (χ4n) is 1.40. The van der Waals surface area contributed by atoms with Gasteiger partial charge in [0, 0.05) is 6.54 Å². The van der Waals surface area contributed by atoms with E-state index in [9.17, 15) is 4.79 Å². The van der Waals surface area contributed by atoms with Crippen molar-refractivity contribution in [3.05, 3.63) is 11.6 Å². The lowest BCUT2D eigenvalue weighted by atomic mass is 10.1. The smallest absolute Gasteiger partial charge is 0.309 e. The Labute approximate surface area is 91.3 Å². The summed E-state index contributed by atoms with van der Waals surface area (Å²) in [6.07, 6.45) is 4.70. The summed E-state index contributed by atoms with van der Waals surface area (Å²) in [6.45, 7) is 4.32. The van der Waals surface area contributed by atoms with Gasteiger partial charge in [-0.1, -0.05) is 11.6 Å². The molecule has 0 aliphatic carbocycles. The molecule has 1 aliphatic rings. The van der Waals surface area contributed by atoms with E-state index in [0.29, 0.717) is 13.0 Å². The minimum absolute atomic E-state index is 0. The summed E-state index contributed by atoms with van der Waals surface area (Å²) in [7, 11) is 0. The molecule has 0 unspecified atom stereocenters. The highest BCUT2D eigenvalue weighted by Gasteiger charge is 2.05. The maximum atomic E-state index is 11.0. The Morgan fingerprint density at radius 2 is 2.43 bits per heavy atom. The summed E-state index contributed by atoms with van der Waals surface area (Å²) < 4.78 is 4.83. The molecular formula is C10H18ClNO2. The Balaban J connectivity index is 0.00000169. The predicted molar refractivity (Wildman–Crippen MR) is 58.7 cm³/mol. The molecule has 0 bridgehead atoms. The summed E-state index contributed by atoms with van der Waals surface area (Å²) in [6, 6.07) is 0. The van der Waals surface area contributed by atoms with Crippen molar-refractivity contribution in [2.45, 2.75) is 26.2 Å². The van der Waals surface area contributed by atoms with Crippen molar-refractivity contribution in [2.75, 3.05) is 19.7 Å². The second-order valence-corrected chi connectivity index (χ2v) is 3.15. The summed E-state index contributed by atoms with van der Waals surface area (Å²) in [4.78, 5) is 11.0. The minimum Gasteiger partial charge on any atom is -0.466 e. The van der Waals surface area contributed by atoms with Gasteiger partial charge in [0.2, 0.25) is 0 Å². The summed E-state index contributed by atoms with van der Waals surface area (Å²) in [5, 5.41) is 3.27. The van der Waals surface area contributed by atoms with Crippen LogP contribution in [0, 0.1) is 0 Å². The first-order valence-electron chi connectivity index (χ1n) is 4.87. The summed E-state index contributed by atoms with van der Waals surface area (Å²) in [5.41, 5.74) is 1.33. The van der Waals surface area contributed by atoms with Crippen LogP contribution in [0.1, 0.15) is 26.2 Å². The molecule has 1 saturated heterocycles. The molecule has 0 spiro atoms. The molecule has 0 aromatic rings. The zero-order chi connectivity index (χ0) is 9.52. The van der Waals surface area contributed by atoms with Crippen molar-refractivity contribution < 1.29 is 9.53 Å². The lowest BCUT2D eigenvalue weighted by Crippen LogP contribution is -2.23. The van der Waals surface area contributed by atoms with E-state index in [-0.39, 0.29) is 18.4 Å². The Hall–Kier alpha value is -0.540. The number of rotatable bonds is 3. The van der Waals surface area contributed by atoms with Gasteiger partial charge in [-0.25, -0.2) is 0 Å². The zero-order valence-corrected chi connectivity index (χ0v) is 9.36. The highest BCUT2D eigenvalue weighted by Crippen LogP contribution is 2.09. The van der Waals surface area contributed by atoms with Gasteiger partial charge in [0.25, 0.3) is 0 Å². The van der Waals surface area contributed by atoms with Gasteiger partial charge in [0.05, 0.1) is 13.0 Å². The molecule has 0 amide bonds. The third-order valence-electron chi connectivity index (χ3n) is 2.07. The van der Waals surface area contributed by atoms with E-state index in [1.165, 1.54) is 12.0 Å². The SMILES string of the molecule is CCOC(=O)C/C=C1\CCCNC1.Cl. The molecular weight excluding hydrogens is 202 g/mol. The topological polar surface area (TPSA) is 38.3 Å². The first-order valence-corrected chi connectivity index (χ1v) is 4.87. The van der Waals surface area contributed by atoms with Gasteiger partial charge in [0.1, 0.15) is 0 Å². The third kappa shape index (κ3) is 5.25. The molecule has 0 aromatic carbocycles. The zero-order valence-electron chi connectivity index (χ0n) is 8.54. The number of hydrogen-bond donors (Lipinski definition) is 1. The number of nitrogens with one attached hydrogen (secondary N) is 1. The average molecular weight is 220 g/mol. The normalized spacial score (nSPS) is 18.8. The fraction of sp³-hybridized carbons (Fsp3) is 0.700. The van der Waals surface area contributed by atoms with Gasteiger partial charge < -0.3 is 10.1 Å². The van der Waals surface area contributed by atoms with Crippen molar-refractivity contribution in [1.29, 1.82) is 0 Å². The van der Waals surface area contributed by atoms with Crippen molar-refractivity contribution in [2.24, 2.45) is 0 Å². The quantitative estimate of drug-likeness (QED) is 0.580. The van der Waals surface area contributed by atoms with Gasteiger partial charge in [-0.05, 0) is 26.3 Å². The number of carbonyl (C=O) groups excluding carboxylic acids is 1. The fourth-order valence-corrected chi connectivity index (χ4v) is 1.40. The molecule has 0 aromatic heterocycles. The minimum atomic E-state index is -0.124. The number of piperidine rings is 1. The largest absolute Gasteiger partial charge is 0.466 e. The van der Waals surface area contributed by atoms with Crippen LogP contribution in [-0.4, -0.2) is 25.7 Å². The Bertz CT molecular complexity index is 196. The van der Waals surface area contributed by atoms with E-state index < -0.39 is 0 Å². The van der Waals surface area contributed by atoms with Crippen LogP contribution >= 0.6 is 12.4 Å². The third-order valence-corrected chi connectivity index (χ3v) is 2.07. The number of ether oxygens (including phenoxy) is 1. The monoisotopic (exact) mass is 219 g/mol. The van der Waals surface area contributed by atoms with E-state index in [4.69, 9.17) is 4.74 Å². The maximum Gasteiger partial charge on any atom is 0.309 e. The van der Waals surface area contributed by atoms with Crippen molar-refractivity contribution in [3.63, 3.8) is 0 Å². The Morgan fingerprint density at radius 3 is 3.00 bits per heavy atom. The first-order chi connectivity index (χ1) is 6.33. The summed E-state index contributed by atoms with van der Waals surface area (Å²) in [5.74, 6) is -0.124. The van der Waals surface area contributed by atoms with E-state index in [1.54, 1.807) is 0 Å². The van der Waals surface area contributed by atoms with Crippen molar-refractivity contribution >= 4 is 18.4 Å². The Kier molecular flexibility index (Phi) is 7.52. The van der Waals surface area contributed by atoms with Crippen LogP contribution in [0.5, 0.6) is 0 Å². The average Bonchev–Trinajstić information content (AvgIpc) is 2.17. The van der Waals surface area contributed by atoms with Crippen molar-refractivity contribution in [1.82, 2.24) is 5.32 Å². The lowest BCUT2D eigenvalue weighted by Gasteiger charge is -2.14. The van der Waals surface area contributed by atoms with Crippen LogP contribution in [0.3, 0.4) is 0 Å². The van der Waals surface area contributed by atoms with E-state index in [1.807, 2.05) is 13.0 Å². The molecule has 1 N–H and O–H groups in total. The molecule has 0 atom stereocenters. The number of carbonyl (C=O) groups is 1. The maximum absolute atomic E-state index is 11.0. The number of halogens is 1. The highest BCUT2D eigenvalue weighted by molar-refractivity contribution is 5.85. The lowest BCUT2D eigenvalue weighted by molar-refractivity contribution is -0.142. The van der Waals surface area contributed by atoms with Crippen LogP contribution in [-0.2, 0) is 9.53 Å². The van der Waals surface area contributed by atoms with Crippen LogP contribution in [0.2, 0.25) is 0 Å². The molecule has 1 heterocycles. The van der Waals surface area contributed by atoms with E-state index >= 15 is 0 Å². The van der Waals surface area contributed by atoms with Crippen LogP contribution in [0.15, 0.2) is 11.6 Å². The van der Waals surface area contributed by atoms with Gasteiger partial charge in [0.15, 0.2) is 0 Å².